The van der Waals surface area contributed by atoms with Gasteiger partial charge in [0.25, 0.3) is 5.91 Å². The summed E-state index contributed by atoms with van der Waals surface area (Å²) in [5, 5.41) is 0. The smallest absolute Gasteiger partial charge is 0.256 e. The van der Waals surface area contributed by atoms with Crippen molar-refractivity contribution in [2.75, 3.05) is 18.8 Å². The molecule has 0 bridgehead atoms. The number of nitrogens with two attached hydrogens (primary N) is 2. The molecule has 0 radical (unpaired) electrons. The lowest BCUT2D eigenvalue weighted by atomic mass is 10.1. The first-order valence-electron chi connectivity index (χ1n) is 5.94. The third-order valence-electron chi connectivity index (χ3n) is 2.50. The van der Waals surface area contributed by atoms with E-state index >= 15 is 0 Å². The number of para-hydroxylation sites is 1. The Labute approximate surface area is 111 Å². The molecule has 0 spiro atoms. The molecule has 19 heavy (non-hydrogen) atoms. The van der Waals surface area contributed by atoms with Crippen molar-refractivity contribution in [1.82, 2.24) is 4.90 Å². The van der Waals surface area contributed by atoms with Crippen LogP contribution in [0.4, 0.5) is 10.1 Å². The molecule has 6 heteroatoms. The zero-order chi connectivity index (χ0) is 14.6. The van der Waals surface area contributed by atoms with E-state index in [4.69, 9.17) is 11.5 Å². The number of rotatable bonds is 5. The molecule has 0 aliphatic heterocycles. The number of benzene rings is 1. The van der Waals surface area contributed by atoms with Crippen LogP contribution < -0.4 is 11.5 Å². The molecule has 104 valence electrons. The minimum atomic E-state index is -0.658. The van der Waals surface area contributed by atoms with Gasteiger partial charge in [0.15, 0.2) is 0 Å². The van der Waals surface area contributed by atoms with Gasteiger partial charge in [-0.05, 0) is 18.1 Å². The standard InChI is InChI=1S/C13H18FN3O2/c1-8(2)6-17(7-11(15)18)13(19)9-4-3-5-10(14)12(9)16/h3-5,8H,6-7,16H2,1-2H3,(H2,15,18). The second-order valence-corrected chi connectivity index (χ2v) is 4.75. The Morgan fingerprint density at radius 2 is 2.00 bits per heavy atom. The highest BCUT2D eigenvalue weighted by atomic mass is 19.1. The van der Waals surface area contributed by atoms with Crippen LogP contribution in [0.2, 0.25) is 0 Å². The van der Waals surface area contributed by atoms with Gasteiger partial charge in [0.1, 0.15) is 5.82 Å². The highest BCUT2D eigenvalue weighted by Crippen LogP contribution is 2.18. The van der Waals surface area contributed by atoms with E-state index in [1.165, 1.54) is 23.1 Å². The van der Waals surface area contributed by atoms with Crippen LogP contribution in [0.3, 0.4) is 0 Å². The van der Waals surface area contributed by atoms with E-state index < -0.39 is 17.6 Å². The average Bonchev–Trinajstić information content (AvgIpc) is 2.30. The first-order chi connectivity index (χ1) is 8.82. The lowest BCUT2D eigenvalue weighted by Gasteiger charge is -2.23. The monoisotopic (exact) mass is 267 g/mol. The van der Waals surface area contributed by atoms with Gasteiger partial charge in [0.05, 0.1) is 17.8 Å². The van der Waals surface area contributed by atoms with E-state index in [1.54, 1.807) is 0 Å². The number of carbonyl (C=O) groups is 2. The molecule has 1 aromatic carbocycles. The van der Waals surface area contributed by atoms with Crippen LogP contribution in [0.1, 0.15) is 24.2 Å². The van der Waals surface area contributed by atoms with Gasteiger partial charge in [-0.3, -0.25) is 9.59 Å². The Bertz CT molecular complexity index is 489. The molecule has 0 atom stereocenters. The van der Waals surface area contributed by atoms with Gasteiger partial charge in [-0.1, -0.05) is 19.9 Å². The Hall–Kier alpha value is -2.11. The predicted octanol–water partition coefficient (Wildman–Crippen LogP) is 0.991. The second-order valence-electron chi connectivity index (χ2n) is 4.75. The number of nitrogen functional groups attached to an aromatic ring is 1. The first kappa shape index (κ1) is 14.9. The summed E-state index contributed by atoms with van der Waals surface area (Å²) < 4.78 is 13.3. The molecule has 0 aliphatic carbocycles. The van der Waals surface area contributed by atoms with Gasteiger partial charge in [-0.2, -0.15) is 0 Å². The molecule has 0 heterocycles. The number of anilines is 1. The van der Waals surface area contributed by atoms with Crippen molar-refractivity contribution in [3.8, 4) is 0 Å². The minimum Gasteiger partial charge on any atom is -0.396 e. The van der Waals surface area contributed by atoms with Crippen molar-refractivity contribution in [1.29, 1.82) is 0 Å². The van der Waals surface area contributed by atoms with E-state index in [-0.39, 0.29) is 23.7 Å². The van der Waals surface area contributed by atoms with Crippen molar-refractivity contribution in [3.05, 3.63) is 29.6 Å². The second kappa shape index (κ2) is 6.17. The van der Waals surface area contributed by atoms with Crippen molar-refractivity contribution < 1.29 is 14.0 Å². The summed E-state index contributed by atoms with van der Waals surface area (Å²) in [7, 11) is 0. The number of amides is 2. The van der Waals surface area contributed by atoms with Crippen LogP contribution in [-0.4, -0.2) is 29.8 Å². The molecular formula is C13H18FN3O2. The van der Waals surface area contributed by atoms with Crippen LogP contribution in [0.25, 0.3) is 0 Å². The van der Waals surface area contributed by atoms with Crippen molar-refractivity contribution in [2.24, 2.45) is 11.7 Å². The first-order valence-corrected chi connectivity index (χ1v) is 5.94. The summed E-state index contributed by atoms with van der Waals surface area (Å²) in [5.74, 6) is -1.62. The summed E-state index contributed by atoms with van der Waals surface area (Å²) in [6.45, 7) is 3.93. The Morgan fingerprint density at radius 1 is 1.37 bits per heavy atom. The predicted molar refractivity (Wildman–Crippen MR) is 70.7 cm³/mol. The van der Waals surface area contributed by atoms with Crippen LogP contribution in [0.15, 0.2) is 18.2 Å². The van der Waals surface area contributed by atoms with E-state index in [0.717, 1.165) is 0 Å². The Morgan fingerprint density at radius 3 is 2.53 bits per heavy atom. The van der Waals surface area contributed by atoms with Gasteiger partial charge >= 0.3 is 0 Å². The van der Waals surface area contributed by atoms with Crippen molar-refractivity contribution >= 4 is 17.5 Å². The maximum absolute atomic E-state index is 13.3. The fourth-order valence-corrected chi connectivity index (χ4v) is 1.74. The largest absolute Gasteiger partial charge is 0.396 e. The summed E-state index contributed by atoms with van der Waals surface area (Å²) in [6, 6.07) is 4.00. The Kier molecular flexibility index (Phi) is 4.86. The summed E-state index contributed by atoms with van der Waals surface area (Å²) >= 11 is 0. The van der Waals surface area contributed by atoms with Gasteiger partial charge in [-0.25, -0.2) is 4.39 Å². The fourth-order valence-electron chi connectivity index (χ4n) is 1.74. The van der Waals surface area contributed by atoms with Crippen LogP contribution >= 0.6 is 0 Å². The van der Waals surface area contributed by atoms with Crippen molar-refractivity contribution in [2.45, 2.75) is 13.8 Å². The molecule has 1 rings (SSSR count). The average molecular weight is 267 g/mol. The van der Waals surface area contributed by atoms with E-state index in [0.29, 0.717) is 6.54 Å². The molecule has 2 amide bonds. The number of primary amides is 1. The summed E-state index contributed by atoms with van der Waals surface area (Å²) in [6.07, 6.45) is 0. The van der Waals surface area contributed by atoms with Crippen LogP contribution in [-0.2, 0) is 4.79 Å². The zero-order valence-corrected chi connectivity index (χ0v) is 11.0. The van der Waals surface area contributed by atoms with E-state index in [9.17, 15) is 14.0 Å². The lowest BCUT2D eigenvalue weighted by Crippen LogP contribution is -2.40. The molecule has 0 saturated heterocycles. The van der Waals surface area contributed by atoms with Gasteiger partial charge < -0.3 is 16.4 Å². The van der Waals surface area contributed by atoms with Gasteiger partial charge in [0.2, 0.25) is 5.91 Å². The normalized spacial score (nSPS) is 10.5. The minimum absolute atomic E-state index is 0.0434. The molecule has 4 N–H and O–H groups in total. The molecule has 0 saturated carbocycles. The quantitative estimate of drug-likeness (QED) is 0.780. The molecule has 5 nitrogen and oxygen atoms in total. The number of nitrogens with zero attached hydrogens (tertiary/aromatic N) is 1. The van der Waals surface area contributed by atoms with E-state index in [1.807, 2.05) is 13.8 Å². The van der Waals surface area contributed by atoms with Crippen molar-refractivity contribution in [3.63, 3.8) is 0 Å². The maximum Gasteiger partial charge on any atom is 0.256 e. The van der Waals surface area contributed by atoms with Crippen LogP contribution in [0, 0.1) is 11.7 Å². The topological polar surface area (TPSA) is 89.4 Å². The highest BCUT2D eigenvalue weighted by molar-refractivity contribution is 6.00. The molecule has 1 aromatic rings. The Balaban J connectivity index is 3.04. The summed E-state index contributed by atoms with van der Waals surface area (Å²) in [4.78, 5) is 24.5. The number of carbonyl (C=O) groups excluding carboxylic acids is 2. The lowest BCUT2D eigenvalue weighted by molar-refractivity contribution is -0.118. The maximum atomic E-state index is 13.3. The van der Waals surface area contributed by atoms with Gasteiger partial charge in [0, 0.05) is 6.54 Å². The molecular weight excluding hydrogens is 249 g/mol. The number of hydrogen-bond donors (Lipinski definition) is 2. The number of halogens is 1. The molecule has 0 aliphatic rings. The van der Waals surface area contributed by atoms with Crippen LogP contribution in [0.5, 0.6) is 0 Å². The van der Waals surface area contributed by atoms with E-state index in [2.05, 4.69) is 0 Å². The molecule has 0 aromatic heterocycles. The third-order valence-corrected chi connectivity index (χ3v) is 2.50. The fraction of sp³-hybridized carbons (Fsp3) is 0.385. The zero-order valence-electron chi connectivity index (χ0n) is 11.0. The van der Waals surface area contributed by atoms with Gasteiger partial charge in [-0.15, -0.1) is 0 Å². The highest BCUT2D eigenvalue weighted by Gasteiger charge is 2.21. The SMILES string of the molecule is CC(C)CN(CC(N)=O)C(=O)c1cccc(F)c1N. The molecule has 0 unspecified atom stereocenters. The number of hydrogen-bond acceptors (Lipinski definition) is 3. The third kappa shape index (κ3) is 3.94. The summed E-state index contributed by atoms with van der Waals surface area (Å²) in [5.41, 5.74) is 10.5. The molecule has 0 fully saturated rings.